The molecule has 0 bridgehead atoms. The molecule has 2 atom stereocenters. The Hall–Kier alpha value is -2.49. The summed E-state index contributed by atoms with van der Waals surface area (Å²) in [4.78, 5) is 23.6. The maximum absolute atomic E-state index is 13.1. The number of rotatable bonds is 5. The second kappa shape index (κ2) is 7.33. The van der Waals surface area contributed by atoms with E-state index < -0.39 is 35.5 Å². The first-order chi connectivity index (χ1) is 9.90. The van der Waals surface area contributed by atoms with Gasteiger partial charge in [-0.05, 0) is 18.2 Å². The number of benzene rings is 1. The van der Waals surface area contributed by atoms with Gasteiger partial charge < -0.3 is 10.1 Å². The number of amides is 1. The molecule has 0 fully saturated rings. The molecule has 0 heterocycles. The third-order valence-corrected chi connectivity index (χ3v) is 2.91. The first-order valence-corrected chi connectivity index (χ1v) is 6.11. The molecule has 0 unspecified atom stereocenters. The van der Waals surface area contributed by atoms with Gasteiger partial charge in [-0.2, -0.15) is 5.26 Å². The van der Waals surface area contributed by atoms with Gasteiger partial charge >= 0.3 is 5.97 Å². The molecule has 0 aliphatic heterocycles. The fourth-order valence-electron chi connectivity index (χ4n) is 1.68. The number of carbonyl (C=O) groups is 2. The van der Waals surface area contributed by atoms with Crippen molar-refractivity contribution in [2.45, 2.75) is 19.4 Å². The standard InChI is InChI=1S/C14H14F2N2O3/c1-8(5-6-17)12(14(20)21-2)18-13(19)9-3-4-10(15)11(16)7-9/h3-4,7-8,12H,5H2,1-2H3,(H,18,19)/t8-,12-/m0/s1. The molecule has 112 valence electrons. The van der Waals surface area contributed by atoms with Crippen LogP contribution in [0, 0.1) is 28.9 Å². The lowest BCUT2D eigenvalue weighted by Gasteiger charge is -2.21. The van der Waals surface area contributed by atoms with Crippen molar-refractivity contribution >= 4 is 11.9 Å². The highest BCUT2D eigenvalue weighted by Gasteiger charge is 2.28. The zero-order valence-electron chi connectivity index (χ0n) is 11.5. The van der Waals surface area contributed by atoms with Crippen LogP contribution in [0.15, 0.2) is 18.2 Å². The van der Waals surface area contributed by atoms with Crippen LogP contribution < -0.4 is 5.32 Å². The molecular weight excluding hydrogens is 282 g/mol. The lowest BCUT2D eigenvalue weighted by atomic mass is 9.98. The molecule has 0 radical (unpaired) electrons. The molecule has 21 heavy (non-hydrogen) atoms. The highest BCUT2D eigenvalue weighted by atomic mass is 19.2. The van der Waals surface area contributed by atoms with Gasteiger partial charge in [-0.1, -0.05) is 6.92 Å². The number of halogens is 2. The molecule has 0 aliphatic rings. The summed E-state index contributed by atoms with van der Waals surface area (Å²) in [6.45, 7) is 1.59. The summed E-state index contributed by atoms with van der Waals surface area (Å²) in [7, 11) is 1.15. The van der Waals surface area contributed by atoms with E-state index in [0.29, 0.717) is 0 Å². The van der Waals surface area contributed by atoms with Crippen LogP contribution in [0.3, 0.4) is 0 Å². The van der Waals surface area contributed by atoms with Crippen LogP contribution in [0.5, 0.6) is 0 Å². The Morgan fingerprint density at radius 3 is 2.57 bits per heavy atom. The number of esters is 1. The van der Waals surface area contributed by atoms with Crippen LogP contribution in [0.1, 0.15) is 23.7 Å². The zero-order valence-corrected chi connectivity index (χ0v) is 11.5. The van der Waals surface area contributed by atoms with Crippen LogP contribution in [-0.2, 0) is 9.53 Å². The summed E-state index contributed by atoms with van der Waals surface area (Å²) < 4.78 is 30.5. The van der Waals surface area contributed by atoms with Crippen molar-refractivity contribution in [3.05, 3.63) is 35.4 Å². The zero-order chi connectivity index (χ0) is 16.0. The minimum absolute atomic E-state index is 0.0256. The summed E-state index contributed by atoms with van der Waals surface area (Å²) in [5.41, 5.74) is -0.132. The summed E-state index contributed by atoms with van der Waals surface area (Å²) in [5.74, 6) is -4.20. The molecule has 7 heteroatoms. The molecule has 0 aromatic heterocycles. The topological polar surface area (TPSA) is 79.2 Å². The Bertz CT molecular complexity index is 584. The quantitative estimate of drug-likeness (QED) is 0.840. The molecule has 5 nitrogen and oxygen atoms in total. The van der Waals surface area contributed by atoms with Crippen LogP contribution in [-0.4, -0.2) is 25.0 Å². The minimum atomic E-state index is -1.16. The highest BCUT2D eigenvalue weighted by Crippen LogP contribution is 2.12. The van der Waals surface area contributed by atoms with E-state index in [9.17, 15) is 18.4 Å². The lowest BCUT2D eigenvalue weighted by molar-refractivity contribution is -0.144. The molecule has 1 N–H and O–H groups in total. The van der Waals surface area contributed by atoms with E-state index in [1.54, 1.807) is 6.92 Å². The predicted molar refractivity (Wildman–Crippen MR) is 69.0 cm³/mol. The summed E-state index contributed by atoms with van der Waals surface area (Å²) in [5, 5.41) is 11.0. The van der Waals surface area contributed by atoms with E-state index in [1.807, 2.05) is 6.07 Å². The SMILES string of the molecule is COC(=O)[C@@H](NC(=O)c1ccc(F)c(F)c1)[C@@H](C)CC#N. The molecular formula is C14H14F2N2O3. The second-order valence-corrected chi connectivity index (χ2v) is 4.44. The number of nitrogens with zero attached hydrogens (tertiary/aromatic N) is 1. The van der Waals surface area contributed by atoms with Crippen molar-refractivity contribution in [2.24, 2.45) is 5.92 Å². The van der Waals surface area contributed by atoms with E-state index in [1.165, 1.54) is 0 Å². The van der Waals surface area contributed by atoms with Crippen LogP contribution >= 0.6 is 0 Å². The number of methoxy groups -OCH3 is 1. The van der Waals surface area contributed by atoms with Gasteiger partial charge in [0.05, 0.1) is 13.2 Å². The Morgan fingerprint density at radius 2 is 2.05 bits per heavy atom. The largest absolute Gasteiger partial charge is 0.467 e. The Morgan fingerprint density at radius 1 is 1.38 bits per heavy atom. The van der Waals surface area contributed by atoms with Crippen molar-refractivity contribution in [2.75, 3.05) is 7.11 Å². The summed E-state index contributed by atoms with van der Waals surface area (Å²) in [6, 6.07) is 3.48. The molecule has 0 saturated heterocycles. The van der Waals surface area contributed by atoms with E-state index in [4.69, 9.17) is 5.26 Å². The smallest absolute Gasteiger partial charge is 0.328 e. The molecule has 1 amide bonds. The van der Waals surface area contributed by atoms with Crippen molar-refractivity contribution in [1.82, 2.24) is 5.32 Å². The van der Waals surface area contributed by atoms with Crippen LogP contribution in [0.4, 0.5) is 8.78 Å². The molecule has 1 aromatic carbocycles. The molecule has 0 saturated carbocycles. The van der Waals surface area contributed by atoms with Crippen molar-refractivity contribution < 1.29 is 23.1 Å². The molecule has 0 aliphatic carbocycles. The maximum atomic E-state index is 13.1. The van der Waals surface area contributed by atoms with Gasteiger partial charge in [0.2, 0.25) is 0 Å². The normalized spacial score (nSPS) is 12.9. The molecule has 1 rings (SSSR count). The average Bonchev–Trinajstić information content (AvgIpc) is 2.46. The number of nitriles is 1. The van der Waals surface area contributed by atoms with Crippen LogP contribution in [0.2, 0.25) is 0 Å². The number of carbonyl (C=O) groups excluding carboxylic acids is 2. The summed E-state index contributed by atoms with van der Waals surface area (Å²) in [6.07, 6.45) is 0.0256. The van der Waals surface area contributed by atoms with Crippen molar-refractivity contribution in [3.8, 4) is 6.07 Å². The van der Waals surface area contributed by atoms with Crippen molar-refractivity contribution in [1.29, 1.82) is 5.26 Å². The minimum Gasteiger partial charge on any atom is -0.467 e. The van der Waals surface area contributed by atoms with Gasteiger partial charge in [-0.15, -0.1) is 0 Å². The highest BCUT2D eigenvalue weighted by molar-refractivity contribution is 5.96. The number of ether oxygens (including phenoxy) is 1. The lowest BCUT2D eigenvalue weighted by Crippen LogP contribution is -2.45. The average molecular weight is 296 g/mol. The number of hydrogen-bond acceptors (Lipinski definition) is 4. The number of hydrogen-bond donors (Lipinski definition) is 1. The van der Waals surface area contributed by atoms with Gasteiger partial charge in [0.25, 0.3) is 5.91 Å². The van der Waals surface area contributed by atoms with Crippen LogP contribution in [0.25, 0.3) is 0 Å². The van der Waals surface area contributed by atoms with Crippen molar-refractivity contribution in [3.63, 3.8) is 0 Å². The fourth-order valence-corrected chi connectivity index (χ4v) is 1.68. The van der Waals surface area contributed by atoms with E-state index in [0.717, 1.165) is 25.3 Å². The third kappa shape index (κ3) is 4.24. The predicted octanol–water partition coefficient (Wildman–Crippen LogP) is 1.79. The van der Waals surface area contributed by atoms with E-state index in [-0.39, 0.29) is 12.0 Å². The fraction of sp³-hybridized carbons (Fsp3) is 0.357. The maximum Gasteiger partial charge on any atom is 0.328 e. The second-order valence-electron chi connectivity index (χ2n) is 4.44. The monoisotopic (exact) mass is 296 g/mol. The third-order valence-electron chi connectivity index (χ3n) is 2.91. The Labute approximate surface area is 120 Å². The van der Waals surface area contributed by atoms with E-state index in [2.05, 4.69) is 10.1 Å². The van der Waals surface area contributed by atoms with E-state index >= 15 is 0 Å². The van der Waals surface area contributed by atoms with Gasteiger partial charge in [0.1, 0.15) is 6.04 Å². The van der Waals surface area contributed by atoms with Gasteiger partial charge in [0, 0.05) is 17.9 Å². The Balaban J connectivity index is 2.92. The van der Waals surface area contributed by atoms with Gasteiger partial charge in [0.15, 0.2) is 11.6 Å². The number of nitrogens with one attached hydrogen (secondary N) is 1. The molecule has 1 aromatic rings. The van der Waals surface area contributed by atoms with Gasteiger partial charge in [-0.3, -0.25) is 4.79 Å². The summed E-state index contributed by atoms with van der Waals surface area (Å²) >= 11 is 0. The Kier molecular flexibility index (Phi) is 5.79. The first kappa shape index (κ1) is 16.6. The molecule has 0 spiro atoms. The van der Waals surface area contributed by atoms with Gasteiger partial charge in [-0.25, -0.2) is 13.6 Å². The first-order valence-electron chi connectivity index (χ1n) is 6.11.